The fraction of sp³-hybridized carbons (Fsp3) is 0.176. The third-order valence-corrected chi connectivity index (χ3v) is 3.55. The molecule has 0 fully saturated rings. The van der Waals surface area contributed by atoms with E-state index in [2.05, 4.69) is 5.32 Å². The number of nitro groups is 1. The van der Waals surface area contributed by atoms with Crippen LogP contribution in [0.2, 0.25) is 0 Å². The zero-order valence-corrected chi connectivity index (χ0v) is 12.9. The van der Waals surface area contributed by atoms with Crippen LogP contribution in [0.4, 0.5) is 5.69 Å². The molecule has 0 unspecified atom stereocenters. The molecule has 0 heterocycles. The first-order valence-corrected chi connectivity index (χ1v) is 7.19. The molecule has 2 aromatic rings. The molecule has 0 saturated carbocycles. The molecule has 0 spiro atoms. The summed E-state index contributed by atoms with van der Waals surface area (Å²) < 4.78 is 0. The van der Waals surface area contributed by atoms with Crippen LogP contribution in [0.25, 0.3) is 0 Å². The molecule has 1 amide bonds. The van der Waals surface area contributed by atoms with E-state index >= 15 is 0 Å². The molecule has 1 N–H and O–H groups in total. The highest BCUT2D eigenvalue weighted by Crippen LogP contribution is 2.22. The maximum atomic E-state index is 12.4. The first kappa shape index (κ1) is 17.1. The molecule has 1 atom stereocenters. The summed E-state index contributed by atoms with van der Waals surface area (Å²) in [6.45, 7) is 1.76. The number of carboxylic acids is 1. The number of carboxylic acid groups (broad SMARTS) is 1. The number of rotatable bonds is 6. The van der Waals surface area contributed by atoms with Gasteiger partial charge in [-0.05, 0) is 24.1 Å². The third kappa shape index (κ3) is 4.16. The van der Waals surface area contributed by atoms with Crippen LogP contribution < -0.4 is 10.4 Å². The van der Waals surface area contributed by atoms with Crippen molar-refractivity contribution >= 4 is 17.6 Å². The molecular weight excluding hydrogens is 312 g/mol. The Balaban J connectivity index is 2.30. The van der Waals surface area contributed by atoms with E-state index < -0.39 is 29.3 Å². The van der Waals surface area contributed by atoms with E-state index in [1.54, 1.807) is 31.2 Å². The molecule has 0 aliphatic rings. The van der Waals surface area contributed by atoms with Crippen molar-refractivity contribution in [3.8, 4) is 0 Å². The lowest BCUT2D eigenvalue weighted by atomic mass is 10.0. The van der Waals surface area contributed by atoms with Gasteiger partial charge in [0, 0.05) is 30.1 Å². The van der Waals surface area contributed by atoms with Crippen LogP contribution in [0.15, 0.2) is 48.5 Å². The number of nitrogens with zero attached hydrogens (tertiary/aromatic N) is 1. The molecule has 7 nitrogen and oxygen atoms in total. The molecule has 0 radical (unpaired) electrons. The fourth-order valence-electron chi connectivity index (χ4n) is 2.34. The lowest BCUT2D eigenvalue weighted by molar-refractivity contribution is -0.385. The van der Waals surface area contributed by atoms with Gasteiger partial charge in [0.25, 0.3) is 11.6 Å². The van der Waals surface area contributed by atoms with Gasteiger partial charge in [0.1, 0.15) is 0 Å². The van der Waals surface area contributed by atoms with Crippen molar-refractivity contribution in [3.05, 3.63) is 75.3 Å². The molecule has 0 bridgehead atoms. The Labute approximate surface area is 138 Å². The SMILES string of the molecule is Cc1ccccc1C(=O)N[C@H](CC(=O)[O-])c1cccc([N+](=O)[O-])c1. The molecule has 0 aromatic heterocycles. The molecule has 0 saturated heterocycles. The minimum Gasteiger partial charge on any atom is -0.550 e. The quantitative estimate of drug-likeness (QED) is 0.638. The zero-order chi connectivity index (χ0) is 17.7. The second-order valence-electron chi connectivity index (χ2n) is 5.27. The van der Waals surface area contributed by atoms with Crippen LogP contribution >= 0.6 is 0 Å². The molecular formula is C17H15N2O5-. The number of aliphatic carboxylic acids is 1. The first-order chi connectivity index (χ1) is 11.4. The second-order valence-corrected chi connectivity index (χ2v) is 5.27. The molecule has 0 aliphatic carbocycles. The van der Waals surface area contributed by atoms with E-state index in [4.69, 9.17) is 0 Å². The van der Waals surface area contributed by atoms with Crippen molar-refractivity contribution in [3.63, 3.8) is 0 Å². The highest BCUT2D eigenvalue weighted by Gasteiger charge is 2.19. The summed E-state index contributed by atoms with van der Waals surface area (Å²) >= 11 is 0. The van der Waals surface area contributed by atoms with Gasteiger partial charge in [-0.25, -0.2) is 0 Å². The normalized spacial score (nSPS) is 11.5. The standard InChI is InChI=1S/C17H16N2O5/c1-11-5-2-3-8-14(11)17(22)18-15(10-16(20)21)12-6-4-7-13(9-12)19(23)24/h2-9,15H,10H2,1H3,(H,18,22)(H,20,21)/p-1/t15-/m1/s1. The van der Waals surface area contributed by atoms with Crippen molar-refractivity contribution in [2.45, 2.75) is 19.4 Å². The molecule has 2 aromatic carbocycles. The average Bonchev–Trinajstić information content (AvgIpc) is 2.54. The molecule has 7 heteroatoms. The second kappa shape index (κ2) is 7.36. The molecule has 0 aliphatic heterocycles. The average molecular weight is 327 g/mol. The van der Waals surface area contributed by atoms with Gasteiger partial charge in [-0.15, -0.1) is 0 Å². The minimum atomic E-state index is -1.36. The zero-order valence-electron chi connectivity index (χ0n) is 12.9. The number of carbonyl (C=O) groups excluding carboxylic acids is 2. The summed E-state index contributed by atoms with van der Waals surface area (Å²) in [6.07, 6.45) is -0.487. The monoisotopic (exact) mass is 327 g/mol. The summed E-state index contributed by atoms with van der Waals surface area (Å²) in [5, 5.41) is 24.5. The van der Waals surface area contributed by atoms with Crippen molar-refractivity contribution in [2.24, 2.45) is 0 Å². The Morgan fingerprint density at radius 1 is 1.17 bits per heavy atom. The number of hydrogen-bond donors (Lipinski definition) is 1. The van der Waals surface area contributed by atoms with Crippen molar-refractivity contribution in [1.82, 2.24) is 5.32 Å². The van der Waals surface area contributed by atoms with E-state index in [1.165, 1.54) is 24.3 Å². The number of carbonyl (C=O) groups is 2. The summed E-state index contributed by atoms with van der Waals surface area (Å²) in [5.74, 6) is -1.82. The predicted molar refractivity (Wildman–Crippen MR) is 84.1 cm³/mol. The fourth-order valence-corrected chi connectivity index (χ4v) is 2.34. The minimum absolute atomic E-state index is 0.180. The van der Waals surface area contributed by atoms with E-state index in [-0.39, 0.29) is 5.69 Å². The topological polar surface area (TPSA) is 112 Å². The number of hydrogen-bond acceptors (Lipinski definition) is 5. The Morgan fingerprint density at radius 3 is 2.50 bits per heavy atom. The van der Waals surface area contributed by atoms with E-state index in [1.807, 2.05) is 0 Å². The lowest BCUT2D eigenvalue weighted by Gasteiger charge is -2.20. The van der Waals surface area contributed by atoms with Crippen LogP contribution in [0.5, 0.6) is 0 Å². The van der Waals surface area contributed by atoms with E-state index in [9.17, 15) is 24.8 Å². The maximum absolute atomic E-state index is 12.4. The number of aryl methyl sites for hydroxylation is 1. The number of non-ortho nitro benzene ring substituents is 1. The predicted octanol–water partition coefficient (Wildman–Crippen LogP) is 1.51. The molecule has 124 valence electrons. The summed E-state index contributed by atoms with van der Waals surface area (Å²) in [6, 6.07) is 11.4. The summed E-state index contributed by atoms with van der Waals surface area (Å²) in [4.78, 5) is 33.7. The van der Waals surface area contributed by atoms with Gasteiger partial charge >= 0.3 is 0 Å². The number of nitrogens with one attached hydrogen (secondary N) is 1. The summed E-state index contributed by atoms with van der Waals surface area (Å²) in [5.41, 5.74) is 1.30. The van der Waals surface area contributed by atoms with Gasteiger partial charge in [-0.3, -0.25) is 14.9 Å². The van der Waals surface area contributed by atoms with Gasteiger partial charge in [0.2, 0.25) is 0 Å². The highest BCUT2D eigenvalue weighted by atomic mass is 16.6. The first-order valence-electron chi connectivity index (χ1n) is 7.19. The van der Waals surface area contributed by atoms with Gasteiger partial charge < -0.3 is 15.2 Å². The van der Waals surface area contributed by atoms with Crippen LogP contribution in [0.3, 0.4) is 0 Å². The lowest BCUT2D eigenvalue weighted by Crippen LogP contribution is -2.34. The Hall–Kier alpha value is -3.22. The van der Waals surface area contributed by atoms with Crippen LogP contribution in [-0.2, 0) is 4.79 Å². The van der Waals surface area contributed by atoms with E-state index in [0.29, 0.717) is 11.1 Å². The van der Waals surface area contributed by atoms with Crippen molar-refractivity contribution in [1.29, 1.82) is 0 Å². The van der Waals surface area contributed by atoms with Gasteiger partial charge in [-0.2, -0.15) is 0 Å². The Bertz CT molecular complexity index is 788. The Kier molecular flexibility index (Phi) is 5.26. The molecule has 2 rings (SSSR count). The van der Waals surface area contributed by atoms with Crippen LogP contribution in [-0.4, -0.2) is 16.8 Å². The van der Waals surface area contributed by atoms with Gasteiger partial charge in [-0.1, -0.05) is 30.3 Å². The third-order valence-electron chi connectivity index (χ3n) is 3.55. The van der Waals surface area contributed by atoms with Crippen molar-refractivity contribution < 1.29 is 19.6 Å². The largest absolute Gasteiger partial charge is 0.550 e. The van der Waals surface area contributed by atoms with Crippen LogP contribution in [0.1, 0.15) is 33.9 Å². The van der Waals surface area contributed by atoms with Gasteiger partial charge in [0.15, 0.2) is 0 Å². The number of benzene rings is 2. The van der Waals surface area contributed by atoms with Gasteiger partial charge in [0.05, 0.1) is 11.0 Å². The van der Waals surface area contributed by atoms with Crippen LogP contribution in [0, 0.1) is 17.0 Å². The van der Waals surface area contributed by atoms with E-state index in [0.717, 1.165) is 5.56 Å². The highest BCUT2D eigenvalue weighted by molar-refractivity contribution is 5.96. The maximum Gasteiger partial charge on any atom is 0.269 e. The smallest absolute Gasteiger partial charge is 0.269 e. The number of nitro benzene ring substituents is 1. The Morgan fingerprint density at radius 2 is 1.88 bits per heavy atom. The summed E-state index contributed by atoms with van der Waals surface area (Å²) in [7, 11) is 0. The number of amides is 1. The van der Waals surface area contributed by atoms with Crippen molar-refractivity contribution in [2.75, 3.05) is 0 Å². The molecule has 24 heavy (non-hydrogen) atoms.